The van der Waals surface area contributed by atoms with Crippen molar-refractivity contribution in [3.05, 3.63) is 70.6 Å². The predicted octanol–water partition coefficient (Wildman–Crippen LogP) is 3.11. The van der Waals surface area contributed by atoms with Crippen molar-refractivity contribution in [2.24, 2.45) is 0 Å². The summed E-state index contributed by atoms with van der Waals surface area (Å²) in [4.78, 5) is 0. The molecule has 98 valence electrons. The van der Waals surface area contributed by atoms with Crippen molar-refractivity contribution in [1.82, 2.24) is 10.6 Å². The summed E-state index contributed by atoms with van der Waals surface area (Å²) in [7, 11) is 0. The summed E-state index contributed by atoms with van der Waals surface area (Å²) in [5.41, 5.74) is 6.84. The highest BCUT2D eigenvalue weighted by Crippen LogP contribution is 2.26. The molecule has 2 aliphatic heterocycles. The Balaban J connectivity index is 1.84. The van der Waals surface area contributed by atoms with Crippen LogP contribution in [0.1, 0.15) is 19.8 Å². The number of hydrogen-bond acceptors (Lipinski definition) is 2. The van der Waals surface area contributed by atoms with Gasteiger partial charge in [0, 0.05) is 18.8 Å². The van der Waals surface area contributed by atoms with E-state index in [4.69, 9.17) is 0 Å². The van der Waals surface area contributed by atoms with Gasteiger partial charge in [-0.1, -0.05) is 29.9 Å². The summed E-state index contributed by atoms with van der Waals surface area (Å²) in [5, 5.41) is 6.69. The third-order valence-electron chi connectivity index (χ3n) is 3.77. The van der Waals surface area contributed by atoms with Gasteiger partial charge in [-0.05, 0) is 54.8 Å². The fraction of sp³-hybridized carbons (Fsp3) is 0.294. The molecule has 0 aromatic carbocycles. The Hall–Kier alpha value is -1.96. The third-order valence-corrected chi connectivity index (χ3v) is 3.77. The van der Waals surface area contributed by atoms with E-state index in [1.165, 1.54) is 34.4 Å². The lowest BCUT2D eigenvalue weighted by atomic mass is 9.93. The maximum absolute atomic E-state index is 3.49. The van der Waals surface area contributed by atoms with Crippen LogP contribution in [0.5, 0.6) is 0 Å². The summed E-state index contributed by atoms with van der Waals surface area (Å²) >= 11 is 0. The summed E-state index contributed by atoms with van der Waals surface area (Å²) in [6.07, 6.45) is 17.8. The van der Waals surface area contributed by atoms with Gasteiger partial charge in [-0.2, -0.15) is 0 Å². The van der Waals surface area contributed by atoms with Gasteiger partial charge in [-0.25, -0.2) is 0 Å². The first-order chi connectivity index (χ1) is 9.33. The van der Waals surface area contributed by atoms with Crippen LogP contribution in [0.15, 0.2) is 70.6 Å². The normalized spacial score (nSPS) is 22.3. The molecule has 19 heavy (non-hydrogen) atoms. The number of dihydropyridines is 2. The molecule has 1 aliphatic carbocycles. The van der Waals surface area contributed by atoms with E-state index >= 15 is 0 Å². The lowest BCUT2D eigenvalue weighted by molar-refractivity contribution is 0.829. The van der Waals surface area contributed by atoms with Crippen molar-refractivity contribution < 1.29 is 0 Å². The second-order valence-corrected chi connectivity index (χ2v) is 5.20. The molecular weight excluding hydrogens is 232 g/mol. The number of hydrogen-bond donors (Lipinski definition) is 2. The molecule has 0 bridgehead atoms. The number of allylic oxidation sites excluding steroid dienone is 8. The standard InChI is InChI=1S/C17H20N2/c1-13-2-4-15(5-3-13)17-12-16(8-11-19-17)14-6-9-18-10-7-14/h2,4,6-9,12,18-19H,3,5,10-11H2,1H3. The Labute approximate surface area is 115 Å². The molecule has 0 amide bonds. The minimum atomic E-state index is 0.916. The molecule has 0 atom stereocenters. The monoisotopic (exact) mass is 252 g/mol. The minimum absolute atomic E-state index is 0.916. The Morgan fingerprint density at radius 3 is 2.63 bits per heavy atom. The van der Waals surface area contributed by atoms with Crippen LogP contribution in [0, 0.1) is 0 Å². The molecular formula is C17H20N2. The van der Waals surface area contributed by atoms with Gasteiger partial charge in [0.15, 0.2) is 0 Å². The molecule has 2 N–H and O–H groups in total. The summed E-state index contributed by atoms with van der Waals surface area (Å²) in [6.45, 7) is 4.04. The van der Waals surface area contributed by atoms with Crippen molar-refractivity contribution >= 4 is 0 Å². The fourth-order valence-corrected chi connectivity index (χ4v) is 2.58. The molecule has 0 radical (unpaired) electrons. The van der Waals surface area contributed by atoms with Crippen LogP contribution in [0.4, 0.5) is 0 Å². The second-order valence-electron chi connectivity index (χ2n) is 5.20. The molecule has 0 aromatic heterocycles. The van der Waals surface area contributed by atoms with E-state index in [2.05, 4.69) is 54.0 Å². The van der Waals surface area contributed by atoms with E-state index in [1.807, 2.05) is 6.20 Å². The Bertz CT molecular complexity index is 554. The topological polar surface area (TPSA) is 24.1 Å². The smallest absolute Gasteiger partial charge is 0.0381 e. The molecule has 0 spiro atoms. The van der Waals surface area contributed by atoms with Crippen LogP contribution >= 0.6 is 0 Å². The zero-order chi connectivity index (χ0) is 13.1. The first-order valence-electron chi connectivity index (χ1n) is 6.96. The van der Waals surface area contributed by atoms with E-state index in [9.17, 15) is 0 Å². The lowest BCUT2D eigenvalue weighted by Gasteiger charge is -2.22. The minimum Gasteiger partial charge on any atom is -0.387 e. The van der Waals surface area contributed by atoms with Crippen molar-refractivity contribution in [1.29, 1.82) is 0 Å². The molecule has 2 nitrogen and oxygen atoms in total. The third kappa shape index (κ3) is 2.73. The van der Waals surface area contributed by atoms with Crippen LogP contribution in [0.25, 0.3) is 0 Å². The molecule has 0 saturated heterocycles. The molecule has 2 heteroatoms. The SMILES string of the molecule is CC1=CC=C(C2=CC(C3=CCNC=C3)=CCN2)CC1. The van der Waals surface area contributed by atoms with Gasteiger partial charge in [0.1, 0.15) is 0 Å². The quantitative estimate of drug-likeness (QED) is 0.789. The largest absolute Gasteiger partial charge is 0.387 e. The van der Waals surface area contributed by atoms with Crippen molar-refractivity contribution in [3.8, 4) is 0 Å². The van der Waals surface area contributed by atoms with Crippen LogP contribution in [0.3, 0.4) is 0 Å². The molecule has 3 aliphatic rings. The average molecular weight is 252 g/mol. The second kappa shape index (κ2) is 5.35. The van der Waals surface area contributed by atoms with Gasteiger partial charge >= 0.3 is 0 Å². The van der Waals surface area contributed by atoms with Crippen molar-refractivity contribution in [2.45, 2.75) is 19.8 Å². The average Bonchev–Trinajstić information content (AvgIpc) is 2.49. The van der Waals surface area contributed by atoms with Gasteiger partial charge in [0.05, 0.1) is 0 Å². The maximum atomic E-state index is 3.49. The van der Waals surface area contributed by atoms with Crippen LogP contribution in [-0.2, 0) is 0 Å². The number of rotatable bonds is 2. The summed E-state index contributed by atoms with van der Waals surface area (Å²) in [5.74, 6) is 0. The van der Waals surface area contributed by atoms with Crippen molar-refractivity contribution in [3.63, 3.8) is 0 Å². The highest BCUT2D eigenvalue weighted by molar-refractivity contribution is 5.53. The van der Waals surface area contributed by atoms with E-state index in [0.29, 0.717) is 0 Å². The number of nitrogens with one attached hydrogen (secondary N) is 2. The molecule has 2 heterocycles. The van der Waals surface area contributed by atoms with E-state index < -0.39 is 0 Å². The predicted molar refractivity (Wildman–Crippen MR) is 80.5 cm³/mol. The first kappa shape index (κ1) is 12.1. The van der Waals surface area contributed by atoms with Gasteiger partial charge in [-0.3, -0.25) is 0 Å². The van der Waals surface area contributed by atoms with Crippen LogP contribution in [-0.4, -0.2) is 13.1 Å². The molecule has 0 aromatic rings. The molecule has 3 rings (SSSR count). The molecule has 0 unspecified atom stereocenters. The Kier molecular flexibility index (Phi) is 3.41. The van der Waals surface area contributed by atoms with Crippen molar-refractivity contribution in [2.75, 3.05) is 13.1 Å². The van der Waals surface area contributed by atoms with Crippen LogP contribution < -0.4 is 10.6 Å². The highest BCUT2D eigenvalue weighted by Gasteiger charge is 2.13. The summed E-state index contributed by atoms with van der Waals surface area (Å²) in [6, 6.07) is 0. The first-order valence-corrected chi connectivity index (χ1v) is 6.96. The van der Waals surface area contributed by atoms with Gasteiger partial charge in [-0.15, -0.1) is 0 Å². The molecule has 0 fully saturated rings. The summed E-state index contributed by atoms with van der Waals surface area (Å²) < 4.78 is 0. The van der Waals surface area contributed by atoms with E-state index in [0.717, 1.165) is 19.5 Å². The van der Waals surface area contributed by atoms with Crippen LogP contribution in [0.2, 0.25) is 0 Å². The van der Waals surface area contributed by atoms with E-state index in [1.54, 1.807) is 0 Å². The van der Waals surface area contributed by atoms with Gasteiger partial charge in [0.2, 0.25) is 0 Å². The zero-order valence-corrected chi connectivity index (χ0v) is 11.4. The Morgan fingerprint density at radius 2 is 1.89 bits per heavy atom. The maximum Gasteiger partial charge on any atom is 0.0381 e. The zero-order valence-electron chi connectivity index (χ0n) is 11.4. The highest BCUT2D eigenvalue weighted by atomic mass is 14.9. The van der Waals surface area contributed by atoms with E-state index in [-0.39, 0.29) is 0 Å². The van der Waals surface area contributed by atoms with Gasteiger partial charge < -0.3 is 10.6 Å². The van der Waals surface area contributed by atoms with Gasteiger partial charge in [0.25, 0.3) is 0 Å². The fourth-order valence-electron chi connectivity index (χ4n) is 2.58. The lowest BCUT2D eigenvalue weighted by Crippen LogP contribution is -2.20. The molecule has 0 saturated carbocycles. The Morgan fingerprint density at radius 1 is 1.00 bits per heavy atom.